The van der Waals surface area contributed by atoms with E-state index in [1.165, 1.54) is 6.07 Å². The van der Waals surface area contributed by atoms with Crippen molar-refractivity contribution < 1.29 is 22.7 Å². The molecule has 1 N–H and O–H groups in total. The molecule has 0 saturated carbocycles. The van der Waals surface area contributed by atoms with Crippen LogP contribution in [0.5, 0.6) is 0 Å². The second-order valence-corrected chi connectivity index (χ2v) is 5.97. The first-order chi connectivity index (χ1) is 9.95. The van der Waals surface area contributed by atoms with Gasteiger partial charge in [-0.1, -0.05) is 23.8 Å². The van der Waals surface area contributed by atoms with Crippen LogP contribution in [0, 0.1) is 6.92 Å². The van der Waals surface area contributed by atoms with Crippen LogP contribution in [0.3, 0.4) is 0 Å². The first-order valence-corrected chi connectivity index (χ1v) is 7.30. The Bertz CT molecular complexity index is 471. The zero-order valence-electron chi connectivity index (χ0n) is 13.1. The second-order valence-electron chi connectivity index (χ2n) is 5.52. The molecule has 1 amide bonds. The maximum absolute atomic E-state index is 12.0. The third-order valence-electron chi connectivity index (χ3n) is 2.13. The summed E-state index contributed by atoms with van der Waals surface area (Å²) < 4.78 is 40.9. The lowest BCUT2D eigenvalue weighted by atomic mass is 10.1. The third-order valence-corrected chi connectivity index (χ3v) is 2.35. The number of hydrogen-bond donors (Lipinski definition) is 2. The number of rotatable bonds is 2. The third kappa shape index (κ3) is 10.4. The van der Waals surface area contributed by atoms with Crippen LogP contribution in [0.1, 0.15) is 31.9 Å². The fourth-order valence-corrected chi connectivity index (χ4v) is 1.41. The van der Waals surface area contributed by atoms with Crippen molar-refractivity contribution >= 4 is 18.7 Å². The Morgan fingerprint density at radius 1 is 1.27 bits per heavy atom. The number of thiol groups is 1. The highest BCUT2D eigenvalue weighted by Gasteiger charge is 2.29. The molecule has 7 heteroatoms. The number of carbonyl (C=O) groups excluding carboxylic acids is 1. The molecule has 126 valence electrons. The van der Waals surface area contributed by atoms with Crippen LogP contribution in [0.4, 0.5) is 18.0 Å². The zero-order valence-corrected chi connectivity index (χ0v) is 14.0. The summed E-state index contributed by atoms with van der Waals surface area (Å²) in [6.45, 7) is 7.65. The highest BCUT2D eigenvalue weighted by atomic mass is 32.1. The molecular formula is C15H22F3NO2S. The first-order valence-electron chi connectivity index (χ1n) is 6.67. The molecule has 1 rings (SSSR count). The van der Waals surface area contributed by atoms with Gasteiger partial charge in [0.05, 0.1) is 5.56 Å². The van der Waals surface area contributed by atoms with Gasteiger partial charge in [0.2, 0.25) is 0 Å². The van der Waals surface area contributed by atoms with Crippen LogP contribution in [0.25, 0.3) is 0 Å². The predicted molar refractivity (Wildman–Crippen MR) is 84.3 cm³/mol. The summed E-state index contributed by atoms with van der Waals surface area (Å²) in [5, 5.41) is 2.55. The van der Waals surface area contributed by atoms with Gasteiger partial charge in [-0.2, -0.15) is 25.8 Å². The lowest BCUT2D eigenvalue weighted by Crippen LogP contribution is -2.33. The van der Waals surface area contributed by atoms with Gasteiger partial charge >= 0.3 is 12.3 Å². The van der Waals surface area contributed by atoms with E-state index in [-0.39, 0.29) is 6.09 Å². The van der Waals surface area contributed by atoms with Crippen molar-refractivity contribution in [2.75, 3.05) is 12.3 Å². The van der Waals surface area contributed by atoms with Gasteiger partial charge in [-0.25, -0.2) is 4.79 Å². The average molecular weight is 337 g/mol. The minimum Gasteiger partial charge on any atom is -0.444 e. The monoisotopic (exact) mass is 337 g/mol. The van der Waals surface area contributed by atoms with Gasteiger partial charge in [-0.05, 0) is 33.8 Å². The molecule has 0 radical (unpaired) electrons. The van der Waals surface area contributed by atoms with E-state index in [0.29, 0.717) is 17.9 Å². The molecule has 0 atom stereocenters. The molecule has 0 aliphatic heterocycles. The summed E-state index contributed by atoms with van der Waals surface area (Å²) in [7, 11) is 0. The lowest BCUT2D eigenvalue weighted by molar-refractivity contribution is -0.137. The number of nitrogens with one attached hydrogen (secondary N) is 1. The van der Waals surface area contributed by atoms with E-state index in [4.69, 9.17) is 4.74 Å². The number of alkyl carbamates (subject to hydrolysis) is 1. The molecule has 1 aromatic rings. The van der Waals surface area contributed by atoms with E-state index < -0.39 is 17.3 Å². The van der Waals surface area contributed by atoms with Gasteiger partial charge in [0, 0.05) is 12.3 Å². The Labute approximate surface area is 134 Å². The molecule has 1 aromatic carbocycles. The molecule has 0 aliphatic carbocycles. The van der Waals surface area contributed by atoms with Gasteiger partial charge in [0.25, 0.3) is 0 Å². The minimum absolute atomic E-state index is 0.383. The molecule has 0 bridgehead atoms. The van der Waals surface area contributed by atoms with E-state index in [1.807, 2.05) is 20.8 Å². The Hall–Kier alpha value is -1.37. The summed E-state index contributed by atoms with van der Waals surface area (Å²) in [5.74, 6) is 0.624. The van der Waals surface area contributed by atoms with Gasteiger partial charge in [0.15, 0.2) is 0 Å². The molecule has 0 saturated heterocycles. The van der Waals surface area contributed by atoms with Gasteiger partial charge in [0.1, 0.15) is 5.60 Å². The smallest absolute Gasteiger partial charge is 0.416 e. The Kier molecular flexibility index (Phi) is 8.37. The maximum Gasteiger partial charge on any atom is 0.416 e. The van der Waals surface area contributed by atoms with Crippen LogP contribution in [-0.4, -0.2) is 24.0 Å². The number of amides is 1. The summed E-state index contributed by atoms with van der Waals surface area (Å²) in [6, 6.07) is 5.22. The van der Waals surface area contributed by atoms with Crippen molar-refractivity contribution in [1.29, 1.82) is 0 Å². The molecule has 0 spiro atoms. The second kappa shape index (κ2) is 8.92. The van der Waals surface area contributed by atoms with E-state index in [2.05, 4.69) is 17.9 Å². The molecule has 0 heterocycles. The lowest BCUT2D eigenvalue weighted by Gasteiger charge is -2.19. The Morgan fingerprint density at radius 3 is 2.23 bits per heavy atom. The topological polar surface area (TPSA) is 38.3 Å². The largest absolute Gasteiger partial charge is 0.444 e. The fourth-order valence-electron chi connectivity index (χ4n) is 1.29. The van der Waals surface area contributed by atoms with Crippen LogP contribution >= 0.6 is 12.6 Å². The SMILES string of the molecule is CC(C)(C)OC(=O)NCCS.Cc1cccc(C(F)(F)F)c1. The average Bonchev–Trinajstić information content (AvgIpc) is 2.34. The molecule has 0 aromatic heterocycles. The summed E-state index contributed by atoms with van der Waals surface area (Å²) in [6.07, 6.45) is -4.60. The Balaban J connectivity index is 0.000000401. The normalized spacial score (nSPS) is 11.3. The summed E-state index contributed by atoms with van der Waals surface area (Å²) in [5.41, 5.74) is -0.377. The molecule has 0 unspecified atom stereocenters. The molecule has 22 heavy (non-hydrogen) atoms. The van der Waals surface area contributed by atoms with Gasteiger partial charge in [-0.3, -0.25) is 0 Å². The van der Waals surface area contributed by atoms with Crippen molar-refractivity contribution in [1.82, 2.24) is 5.32 Å². The van der Waals surface area contributed by atoms with E-state index in [1.54, 1.807) is 13.0 Å². The highest BCUT2D eigenvalue weighted by molar-refractivity contribution is 7.80. The van der Waals surface area contributed by atoms with Crippen molar-refractivity contribution in [3.63, 3.8) is 0 Å². The van der Waals surface area contributed by atoms with Crippen LogP contribution < -0.4 is 5.32 Å². The first kappa shape index (κ1) is 20.6. The number of hydrogen-bond acceptors (Lipinski definition) is 3. The number of carbonyl (C=O) groups is 1. The highest BCUT2D eigenvalue weighted by Crippen LogP contribution is 2.29. The van der Waals surface area contributed by atoms with Crippen LogP contribution in [0.2, 0.25) is 0 Å². The quantitative estimate of drug-likeness (QED) is 0.782. The molecule has 0 fully saturated rings. The fraction of sp³-hybridized carbons (Fsp3) is 0.533. The molecular weight excluding hydrogens is 315 g/mol. The number of benzene rings is 1. The standard InChI is InChI=1S/C8H7F3.C7H15NO2S/c1-6-3-2-4-7(5-6)8(9,10)11;1-7(2,3)10-6(9)8-4-5-11/h2-5H,1H3;11H,4-5H2,1-3H3,(H,8,9). The maximum atomic E-state index is 12.0. The van der Waals surface area contributed by atoms with Crippen LogP contribution in [-0.2, 0) is 10.9 Å². The van der Waals surface area contributed by atoms with Crippen molar-refractivity contribution in [3.8, 4) is 0 Å². The van der Waals surface area contributed by atoms with Gasteiger partial charge in [-0.15, -0.1) is 0 Å². The van der Waals surface area contributed by atoms with E-state index in [0.717, 1.165) is 12.1 Å². The van der Waals surface area contributed by atoms with E-state index >= 15 is 0 Å². The Morgan fingerprint density at radius 2 is 1.86 bits per heavy atom. The number of ether oxygens (including phenoxy) is 1. The predicted octanol–water partition coefficient (Wildman–Crippen LogP) is 4.45. The van der Waals surface area contributed by atoms with Crippen molar-refractivity contribution in [3.05, 3.63) is 35.4 Å². The van der Waals surface area contributed by atoms with Gasteiger partial charge < -0.3 is 10.1 Å². The van der Waals surface area contributed by atoms with Crippen molar-refractivity contribution in [2.45, 2.75) is 39.5 Å². The minimum atomic E-state index is -4.22. The molecule has 3 nitrogen and oxygen atoms in total. The number of alkyl halides is 3. The van der Waals surface area contributed by atoms with Crippen LogP contribution in [0.15, 0.2) is 24.3 Å². The molecule has 0 aliphatic rings. The zero-order chi connectivity index (χ0) is 17.4. The van der Waals surface area contributed by atoms with E-state index in [9.17, 15) is 18.0 Å². The number of aryl methyl sites for hydroxylation is 1. The summed E-state index contributed by atoms with van der Waals surface area (Å²) in [4.78, 5) is 10.9. The van der Waals surface area contributed by atoms with Crippen molar-refractivity contribution in [2.24, 2.45) is 0 Å². The summed E-state index contributed by atoms with van der Waals surface area (Å²) >= 11 is 3.94. The number of halogens is 3.